The fraction of sp³-hybridized carbons (Fsp3) is 0.667. The number of carboxylic acid groups (broad SMARTS) is 1. The summed E-state index contributed by atoms with van der Waals surface area (Å²) < 4.78 is 0. The van der Waals surface area contributed by atoms with Crippen LogP contribution >= 0.6 is 11.3 Å². The third-order valence-electron chi connectivity index (χ3n) is 2.50. The van der Waals surface area contributed by atoms with Crippen LogP contribution in [0.3, 0.4) is 0 Å². The van der Waals surface area contributed by atoms with Gasteiger partial charge in [-0.1, -0.05) is 20.8 Å². The van der Waals surface area contributed by atoms with Crippen LogP contribution in [0.1, 0.15) is 43.9 Å². The van der Waals surface area contributed by atoms with Crippen molar-refractivity contribution in [2.24, 2.45) is 0 Å². The maximum absolute atomic E-state index is 10.8. The van der Waals surface area contributed by atoms with Crippen LogP contribution in [0, 0.1) is 0 Å². The summed E-state index contributed by atoms with van der Waals surface area (Å²) >= 11 is 1.60. The van der Waals surface area contributed by atoms with E-state index in [1.807, 2.05) is 24.4 Å². The number of rotatable bonds is 4. The average Bonchev–Trinajstić information content (AvgIpc) is 2.60. The van der Waals surface area contributed by atoms with Crippen LogP contribution in [0.4, 0.5) is 0 Å². The second-order valence-electron chi connectivity index (χ2n) is 5.40. The molecule has 0 aliphatic rings. The van der Waals surface area contributed by atoms with Crippen molar-refractivity contribution < 1.29 is 9.90 Å². The van der Waals surface area contributed by atoms with Crippen LogP contribution in [-0.2, 0) is 10.2 Å². The maximum atomic E-state index is 10.8. The van der Waals surface area contributed by atoms with Gasteiger partial charge >= 0.3 is 5.97 Å². The third kappa shape index (κ3) is 3.78. The van der Waals surface area contributed by atoms with E-state index < -0.39 is 5.97 Å². The van der Waals surface area contributed by atoms with Gasteiger partial charge in [0.25, 0.3) is 0 Å². The quantitative estimate of drug-likeness (QED) is 0.899. The molecule has 0 aliphatic heterocycles. The molecule has 0 saturated heterocycles. The molecule has 0 amide bonds. The van der Waals surface area contributed by atoms with Gasteiger partial charge in [-0.25, -0.2) is 4.98 Å². The van der Waals surface area contributed by atoms with E-state index in [1.165, 1.54) is 0 Å². The van der Waals surface area contributed by atoms with Crippen LogP contribution in [0.25, 0.3) is 0 Å². The van der Waals surface area contributed by atoms with E-state index in [0.29, 0.717) is 0 Å². The van der Waals surface area contributed by atoms with Crippen molar-refractivity contribution in [3.8, 4) is 0 Å². The van der Waals surface area contributed by atoms with Crippen LogP contribution in [0.5, 0.6) is 0 Å². The standard InChI is InChI=1S/C12H20N2O2S/c1-12(2,3)11-13-8(7-17-11)9(14(4)5)6-10(15)16/h7,9H,6H2,1-5H3,(H,15,16). The number of nitrogens with zero attached hydrogens (tertiary/aromatic N) is 2. The summed E-state index contributed by atoms with van der Waals surface area (Å²) in [6.45, 7) is 6.33. The Bertz CT molecular complexity index is 393. The third-order valence-corrected chi connectivity index (χ3v) is 3.78. The van der Waals surface area contributed by atoms with E-state index in [2.05, 4.69) is 25.8 Å². The highest BCUT2D eigenvalue weighted by Crippen LogP contribution is 2.30. The Morgan fingerprint density at radius 2 is 2.12 bits per heavy atom. The van der Waals surface area contributed by atoms with E-state index in [0.717, 1.165) is 10.7 Å². The van der Waals surface area contributed by atoms with Crippen molar-refractivity contribution in [3.63, 3.8) is 0 Å². The first-order valence-electron chi connectivity index (χ1n) is 5.56. The Labute approximate surface area is 106 Å². The van der Waals surface area contributed by atoms with Gasteiger partial charge in [-0.2, -0.15) is 0 Å². The Balaban J connectivity index is 2.96. The molecule has 0 bridgehead atoms. The summed E-state index contributed by atoms with van der Waals surface area (Å²) in [5.74, 6) is -0.797. The van der Waals surface area contributed by atoms with Gasteiger partial charge in [0.2, 0.25) is 0 Å². The number of hydrogen-bond acceptors (Lipinski definition) is 4. The van der Waals surface area contributed by atoms with Crippen LogP contribution in [-0.4, -0.2) is 35.1 Å². The summed E-state index contributed by atoms with van der Waals surface area (Å²) in [4.78, 5) is 17.3. The second-order valence-corrected chi connectivity index (χ2v) is 6.26. The summed E-state index contributed by atoms with van der Waals surface area (Å²) in [5, 5.41) is 11.9. The number of aliphatic carboxylic acids is 1. The van der Waals surface area contributed by atoms with Gasteiger partial charge in [0.15, 0.2) is 0 Å². The molecule has 1 heterocycles. The average molecular weight is 256 g/mol. The van der Waals surface area contributed by atoms with Crippen LogP contribution in [0.2, 0.25) is 0 Å². The lowest BCUT2D eigenvalue weighted by atomic mass is 9.98. The zero-order valence-electron chi connectivity index (χ0n) is 11.0. The molecular weight excluding hydrogens is 236 g/mol. The minimum absolute atomic E-state index is 0.0169. The predicted octanol–water partition coefficient (Wildman–Crippen LogP) is 2.52. The Hall–Kier alpha value is -0.940. The SMILES string of the molecule is CN(C)C(CC(=O)O)c1csc(C(C)(C)C)n1. The first-order valence-corrected chi connectivity index (χ1v) is 6.44. The van der Waals surface area contributed by atoms with Crippen LogP contribution < -0.4 is 0 Å². The molecule has 1 N–H and O–H groups in total. The van der Waals surface area contributed by atoms with Gasteiger partial charge in [0.05, 0.1) is 23.2 Å². The molecule has 0 saturated carbocycles. The molecule has 1 unspecified atom stereocenters. The predicted molar refractivity (Wildman–Crippen MR) is 69.5 cm³/mol. The topological polar surface area (TPSA) is 53.4 Å². The highest BCUT2D eigenvalue weighted by atomic mass is 32.1. The summed E-state index contributed by atoms with van der Waals surface area (Å²) in [6, 6.07) is -0.153. The zero-order chi connectivity index (χ0) is 13.2. The first-order chi connectivity index (χ1) is 7.71. The number of aromatic nitrogens is 1. The van der Waals surface area contributed by atoms with Crippen LogP contribution in [0.15, 0.2) is 5.38 Å². The normalized spacial score (nSPS) is 14.0. The van der Waals surface area contributed by atoms with Gasteiger partial charge < -0.3 is 10.0 Å². The fourth-order valence-electron chi connectivity index (χ4n) is 1.50. The number of thiazole rings is 1. The van der Waals surface area contributed by atoms with Gasteiger partial charge in [-0.3, -0.25) is 4.79 Å². The summed E-state index contributed by atoms with van der Waals surface area (Å²) in [5.41, 5.74) is 0.871. The van der Waals surface area contributed by atoms with Crippen molar-refractivity contribution in [2.75, 3.05) is 14.1 Å². The number of carbonyl (C=O) groups is 1. The lowest BCUT2D eigenvalue weighted by Crippen LogP contribution is -2.23. The smallest absolute Gasteiger partial charge is 0.305 e. The van der Waals surface area contributed by atoms with Crippen molar-refractivity contribution in [1.29, 1.82) is 0 Å². The molecular formula is C12H20N2O2S. The lowest BCUT2D eigenvalue weighted by molar-refractivity contribution is -0.138. The fourth-order valence-corrected chi connectivity index (χ4v) is 2.45. The number of hydrogen-bond donors (Lipinski definition) is 1. The Kier molecular flexibility index (Phi) is 4.27. The van der Waals surface area contributed by atoms with E-state index in [1.54, 1.807) is 11.3 Å². The van der Waals surface area contributed by atoms with Gasteiger partial charge in [0, 0.05) is 10.8 Å². The molecule has 5 heteroatoms. The van der Waals surface area contributed by atoms with Gasteiger partial charge in [-0.05, 0) is 14.1 Å². The minimum Gasteiger partial charge on any atom is -0.481 e. The highest BCUT2D eigenvalue weighted by molar-refractivity contribution is 7.09. The number of carboxylic acids is 1. The summed E-state index contributed by atoms with van der Waals surface area (Å²) in [6.07, 6.45) is 0.0836. The van der Waals surface area contributed by atoms with E-state index in [4.69, 9.17) is 5.11 Å². The minimum atomic E-state index is -0.797. The lowest BCUT2D eigenvalue weighted by Gasteiger charge is -2.21. The van der Waals surface area contributed by atoms with Crippen molar-refractivity contribution in [1.82, 2.24) is 9.88 Å². The molecule has 4 nitrogen and oxygen atoms in total. The maximum Gasteiger partial charge on any atom is 0.305 e. The van der Waals surface area contributed by atoms with E-state index >= 15 is 0 Å². The summed E-state index contributed by atoms with van der Waals surface area (Å²) in [7, 11) is 3.76. The molecule has 1 aromatic rings. The Morgan fingerprint density at radius 1 is 1.53 bits per heavy atom. The van der Waals surface area contributed by atoms with E-state index in [-0.39, 0.29) is 17.9 Å². The molecule has 0 aliphatic carbocycles. The first kappa shape index (κ1) is 14.1. The van der Waals surface area contributed by atoms with Crippen molar-refractivity contribution in [3.05, 3.63) is 16.1 Å². The molecule has 17 heavy (non-hydrogen) atoms. The van der Waals surface area contributed by atoms with E-state index in [9.17, 15) is 4.79 Å². The molecule has 0 radical (unpaired) electrons. The van der Waals surface area contributed by atoms with Gasteiger partial charge in [0.1, 0.15) is 0 Å². The highest BCUT2D eigenvalue weighted by Gasteiger charge is 2.24. The molecule has 1 rings (SSSR count). The second kappa shape index (κ2) is 5.14. The molecule has 96 valence electrons. The molecule has 1 atom stereocenters. The largest absolute Gasteiger partial charge is 0.481 e. The van der Waals surface area contributed by atoms with Crippen molar-refractivity contribution >= 4 is 17.3 Å². The molecule has 1 aromatic heterocycles. The Morgan fingerprint density at radius 3 is 2.47 bits per heavy atom. The monoisotopic (exact) mass is 256 g/mol. The zero-order valence-corrected chi connectivity index (χ0v) is 11.8. The molecule has 0 aromatic carbocycles. The molecule has 0 fully saturated rings. The van der Waals surface area contributed by atoms with Crippen molar-refractivity contribution in [2.45, 2.75) is 38.6 Å². The van der Waals surface area contributed by atoms with Gasteiger partial charge in [-0.15, -0.1) is 11.3 Å². The molecule has 0 spiro atoms.